The van der Waals surface area contributed by atoms with Gasteiger partial charge in [-0.2, -0.15) is 0 Å². The first-order valence-corrected chi connectivity index (χ1v) is 9.20. The highest BCUT2D eigenvalue weighted by Gasteiger charge is 2.31. The van der Waals surface area contributed by atoms with E-state index in [9.17, 15) is 19.1 Å². The Labute approximate surface area is 154 Å². The lowest BCUT2D eigenvalue weighted by atomic mass is 10.1. The summed E-state index contributed by atoms with van der Waals surface area (Å²) in [5.41, 5.74) is -1.46. The Bertz CT molecular complexity index is 985. The van der Waals surface area contributed by atoms with Crippen molar-refractivity contribution < 1.29 is 18.7 Å². The lowest BCUT2D eigenvalue weighted by Gasteiger charge is -2.35. The highest BCUT2D eigenvalue weighted by atomic mass is 19.1. The number of nitrogens with zero attached hydrogens (tertiary/aromatic N) is 2. The third kappa shape index (κ3) is 2.97. The van der Waals surface area contributed by atoms with Gasteiger partial charge in [0.2, 0.25) is 5.43 Å². The van der Waals surface area contributed by atoms with Crippen LogP contribution in [0.3, 0.4) is 0 Å². The molecule has 2 fully saturated rings. The standard InChI is InChI=1S/C19H21F2N3O3/c1-2-10-8-23(6-5-22-10)17-14(20)7-12-16(15(17)21)24(11-3-4-11)9-13(18(12)25)19(26)27/h7,9-11,22H,2-6,8H2,1H3,(H,26,27). The molecule has 27 heavy (non-hydrogen) atoms. The maximum atomic E-state index is 15.5. The van der Waals surface area contributed by atoms with Crippen molar-refractivity contribution in [3.05, 3.63) is 39.7 Å². The molecular weight excluding hydrogens is 356 g/mol. The van der Waals surface area contributed by atoms with Gasteiger partial charge in [0, 0.05) is 37.9 Å². The molecule has 1 aliphatic carbocycles. The Hall–Kier alpha value is -2.48. The lowest BCUT2D eigenvalue weighted by Crippen LogP contribution is -2.51. The molecule has 1 aromatic heterocycles. The number of aromatic nitrogens is 1. The molecule has 0 bridgehead atoms. The van der Waals surface area contributed by atoms with Crippen molar-refractivity contribution in [2.75, 3.05) is 24.5 Å². The zero-order valence-corrected chi connectivity index (χ0v) is 15.0. The summed E-state index contributed by atoms with van der Waals surface area (Å²) < 4.78 is 31.9. The van der Waals surface area contributed by atoms with E-state index in [2.05, 4.69) is 5.32 Å². The lowest BCUT2D eigenvalue weighted by molar-refractivity contribution is 0.0695. The first-order chi connectivity index (χ1) is 12.9. The van der Waals surface area contributed by atoms with Gasteiger partial charge in [0.1, 0.15) is 17.1 Å². The van der Waals surface area contributed by atoms with Crippen LogP contribution in [-0.2, 0) is 0 Å². The number of hydrogen-bond donors (Lipinski definition) is 2. The van der Waals surface area contributed by atoms with Gasteiger partial charge in [-0.05, 0) is 25.3 Å². The molecule has 0 radical (unpaired) electrons. The molecule has 0 spiro atoms. The van der Waals surface area contributed by atoms with Gasteiger partial charge in [0.25, 0.3) is 0 Å². The smallest absolute Gasteiger partial charge is 0.341 e. The minimum absolute atomic E-state index is 0.00418. The number of hydrogen-bond acceptors (Lipinski definition) is 4. The largest absolute Gasteiger partial charge is 0.477 e. The normalized spacial score (nSPS) is 20.3. The quantitative estimate of drug-likeness (QED) is 0.856. The van der Waals surface area contributed by atoms with Crippen LogP contribution in [0.5, 0.6) is 0 Å². The van der Waals surface area contributed by atoms with Crippen molar-refractivity contribution in [2.24, 2.45) is 0 Å². The van der Waals surface area contributed by atoms with Crippen molar-refractivity contribution in [3.63, 3.8) is 0 Å². The molecule has 1 aromatic carbocycles. The van der Waals surface area contributed by atoms with E-state index in [0.717, 1.165) is 25.3 Å². The predicted molar refractivity (Wildman–Crippen MR) is 97.6 cm³/mol. The number of benzene rings is 1. The molecular formula is C19H21F2N3O3. The molecule has 4 rings (SSSR count). The molecule has 2 heterocycles. The summed E-state index contributed by atoms with van der Waals surface area (Å²) in [7, 11) is 0. The number of fused-ring (bicyclic) bond motifs is 1. The van der Waals surface area contributed by atoms with E-state index in [0.29, 0.717) is 19.6 Å². The van der Waals surface area contributed by atoms with Gasteiger partial charge in [-0.25, -0.2) is 13.6 Å². The number of rotatable bonds is 4. The molecule has 144 valence electrons. The van der Waals surface area contributed by atoms with Crippen LogP contribution in [0.25, 0.3) is 10.9 Å². The minimum Gasteiger partial charge on any atom is -0.477 e. The number of anilines is 1. The Morgan fingerprint density at radius 1 is 1.37 bits per heavy atom. The Morgan fingerprint density at radius 2 is 2.11 bits per heavy atom. The molecule has 1 unspecified atom stereocenters. The fourth-order valence-electron chi connectivity index (χ4n) is 3.82. The Balaban J connectivity index is 1.95. The zero-order valence-electron chi connectivity index (χ0n) is 15.0. The molecule has 2 aromatic rings. The van der Waals surface area contributed by atoms with Gasteiger partial charge < -0.3 is 19.9 Å². The van der Waals surface area contributed by atoms with E-state index >= 15 is 4.39 Å². The van der Waals surface area contributed by atoms with Crippen LogP contribution in [0.2, 0.25) is 0 Å². The van der Waals surface area contributed by atoms with Gasteiger partial charge in [-0.1, -0.05) is 6.92 Å². The van der Waals surface area contributed by atoms with E-state index in [1.54, 1.807) is 4.90 Å². The summed E-state index contributed by atoms with van der Waals surface area (Å²) in [5.74, 6) is -3.02. The number of aromatic carboxylic acids is 1. The molecule has 6 nitrogen and oxygen atoms in total. The molecule has 1 aliphatic heterocycles. The van der Waals surface area contributed by atoms with Crippen molar-refractivity contribution in [1.82, 2.24) is 9.88 Å². The van der Waals surface area contributed by atoms with Crippen LogP contribution < -0.4 is 15.6 Å². The number of nitrogens with one attached hydrogen (secondary N) is 1. The number of carboxylic acid groups (broad SMARTS) is 1. The first kappa shape index (κ1) is 17.9. The average molecular weight is 377 g/mol. The van der Waals surface area contributed by atoms with Gasteiger partial charge in [0.15, 0.2) is 5.82 Å². The van der Waals surface area contributed by atoms with Crippen molar-refractivity contribution in [2.45, 2.75) is 38.3 Å². The summed E-state index contributed by atoms with van der Waals surface area (Å²) in [6.07, 6.45) is 3.58. The molecule has 8 heteroatoms. The number of halogens is 2. The molecule has 1 saturated carbocycles. The summed E-state index contributed by atoms with van der Waals surface area (Å²) in [6, 6.07) is 1.06. The summed E-state index contributed by atoms with van der Waals surface area (Å²) in [6.45, 7) is 3.54. The van der Waals surface area contributed by atoms with E-state index in [1.165, 1.54) is 10.8 Å². The summed E-state index contributed by atoms with van der Waals surface area (Å²) >= 11 is 0. The van der Waals surface area contributed by atoms with Gasteiger partial charge in [0.05, 0.1) is 10.9 Å². The summed E-state index contributed by atoms with van der Waals surface area (Å²) in [5, 5.41) is 12.4. The molecule has 2 N–H and O–H groups in total. The second-order valence-corrected chi connectivity index (χ2v) is 7.24. The van der Waals surface area contributed by atoms with Crippen LogP contribution in [-0.4, -0.2) is 41.3 Å². The predicted octanol–water partition coefficient (Wildman–Crippen LogP) is 2.50. The Kier molecular flexibility index (Phi) is 4.38. The molecule has 1 atom stereocenters. The average Bonchev–Trinajstić information content (AvgIpc) is 3.47. The SMILES string of the molecule is CCC1CN(c2c(F)cc3c(=O)c(C(=O)O)cn(C4CC4)c3c2F)CCN1. The zero-order chi connectivity index (χ0) is 19.3. The van der Waals surface area contributed by atoms with E-state index in [4.69, 9.17) is 0 Å². The van der Waals surface area contributed by atoms with E-state index in [1.807, 2.05) is 6.92 Å². The van der Waals surface area contributed by atoms with Crippen molar-refractivity contribution in [3.8, 4) is 0 Å². The molecule has 0 amide bonds. The third-order valence-electron chi connectivity index (χ3n) is 5.42. The van der Waals surface area contributed by atoms with Crippen LogP contribution in [0.15, 0.2) is 17.1 Å². The van der Waals surface area contributed by atoms with Gasteiger partial charge in [-0.3, -0.25) is 4.79 Å². The minimum atomic E-state index is -1.39. The number of carboxylic acids is 1. The van der Waals surface area contributed by atoms with Crippen molar-refractivity contribution >= 4 is 22.6 Å². The highest BCUT2D eigenvalue weighted by Crippen LogP contribution is 2.39. The second kappa shape index (κ2) is 6.60. The van der Waals surface area contributed by atoms with Crippen LogP contribution in [0.1, 0.15) is 42.6 Å². The topological polar surface area (TPSA) is 74.6 Å². The third-order valence-corrected chi connectivity index (χ3v) is 5.42. The van der Waals surface area contributed by atoms with Gasteiger partial charge >= 0.3 is 5.97 Å². The second-order valence-electron chi connectivity index (χ2n) is 7.24. The number of piperazine rings is 1. The number of carbonyl (C=O) groups is 1. The van der Waals surface area contributed by atoms with Gasteiger partial charge in [-0.15, -0.1) is 0 Å². The maximum absolute atomic E-state index is 15.5. The fraction of sp³-hybridized carbons (Fsp3) is 0.474. The van der Waals surface area contributed by atoms with Crippen LogP contribution in [0.4, 0.5) is 14.5 Å². The molecule has 1 saturated heterocycles. The van der Waals surface area contributed by atoms with E-state index < -0.39 is 28.6 Å². The first-order valence-electron chi connectivity index (χ1n) is 9.20. The van der Waals surface area contributed by atoms with E-state index in [-0.39, 0.29) is 28.7 Å². The van der Waals surface area contributed by atoms with Crippen LogP contribution >= 0.6 is 0 Å². The Morgan fingerprint density at radius 3 is 2.74 bits per heavy atom. The number of pyridine rings is 1. The monoisotopic (exact) mass is 377 g/mol. The van der Waals surface area contributed by atoms with Crippen molar-refractivity contribution in [1.29, 1.82) is 0 Å². The highest BCUT2D eigenvalue weighted by molar-refractivity contribution is 5.94. The van der Waals surface area contributed by atoms with Crippen LogP contribution in [0, 0.1) is 11.6 Å². The maximum Gasteiger partial charge on any atom is 0.341 e. The molecule has 2 aliphatic rings. The summed E-state index contributed by atoms with van der Waals surface area (Å²) in [4.78, 5) is 25.6. The fourth-order valence-corrected chi connectivity index (χ4v) is 3.82.